The quantitative estimate of drug-likeness (QED) is 0.377. The van der Waals surface area contributed by atoms with E-state index in [9.17, 15) is 8.78 Å². The van der Waals surface area contributed by atoms with E-state index in [4.69, 9.17) is 4.74 Å². The van der Waals surface area contributed by atoms with Crippen molar-refractivity contribution in [3.8, 4) is 5.75 Å². The molecule has 1 heterocycles. The van der Waals surface area contributed by atoms with Crippen LogP contribution in [-0.4, -0.2) is 19.7 Å². The van der Waals surface area contributed by atoms with Gasteiger partial charge in [-0.1, -0.05) is 42.5 Å². The Morgan fingerprint density at radius 1 is 0.750 bits per heavy atom. The zero-order chi connectivity index (χ0) is 22.2. The molecule has 0 unspecified atom stereocenters. The van der Waals surface area contributed by atoms with Crippen LogP contribution >= 0.6 is 0 Å². The van der Waals surface area contributed by atoms with Crippen LogP contribution in [0.3, 0.4) is 0 Å². The predicted octanol–water partition coefficient (Wildman–Crippen LogP) is 6.72. The summed E-state index contributed by atoms with van der Waals surface area (Å²) in [5, 5.41) is 3.49. The van der Waals surface area contributed by atoms with Crippen LogP contribution in [0, 0.1) is 17.0 Å². The zero-order valence-corrected chi connectivity index (χ0v) is 18.4. The maximum Gasteiger partial charge on any atom is 0.123 e. The van der Waals surface area contributed by atoms with Gasteiger partial charge in [0.05, 0.1) is 6.61 Å². The smallest absolute Gasteiger partial charge is 0.123 e. The maximum absolute atomic E-state index is 13.7. The summed E-state index contributed by atoms with van der Waals surface area (Å²) >= 11 is 0. The molecule has 3 aromatic carbocycles. The summed E-state index contributed by atoms with van der Waals surface area (Å²) in [6, 6.07) is 23.6. The van der Waals surface area contributed by atoms with Gasteiger partial charge in [-0.2, -0.15) is 0 Å². The zero-order valence-electron chi connectivity index (χ0n) is 18.4. The SMILES string of the molecule is Fc1ccc(C(c2ccc(F)cc2)C2(CCCCOc3ccccc3)CCNCC2)cc1. The minimum atomic E-state index is -0.232. The lowest BCUT2D eigenvalue weighted by Gasteiger charge is -2.45. The van der Waals surface area contributed by atoms with Gasteiger partial charge in [-0.15, -0.1) is 0 Å². The summed E-state index contributed by atoms with van der Waals surface area (Å²) in [5.74, 6) is 0.536. The minimum Gasteiger partial charge on any atom is -0.494 e. The van der Waals surface area contributed by atoms with Crippen LogP contribution in [0.2, 0.25) is 0 Å². The summed E-state index contributed by atoms with van der Waals surface area (Å²) in [4.78, 5) is 0. The van der Waals surface area contributed by atoms with Gasteiger partial charge in [-0.25, -0.2) is 8.78 Å². The fourth-order valence-electron chi connectivity index (χ4n) is 5.10. The van der Waals surface area contributed by atoms with Crippen molar-refractivity contribution >= 4 is 0 Å². The Bertz CT molecular complexity index is 905. The number of unbranched alkanes of at least 4 members (excludes halogenated alkanes) is 1. The van der Waals surface area contributed by atoms with E-state index in [2.05, 4.69) is 5.32 Å². The van der Waals surface area contributed by atoms with Crippen LogP contribution in [0.5, 0.6) is 5.75 Å². The first-order valence-electron chi connectivity index (χ1n) is 11.6. The first-order valence-corrected chi connectivity index (χ1v) is 11.6. The highest BCUT2D eigenvalue weighted by molar-refractivity contribution is 5.36. The minimum absolute atomic E-state index is 0.0354. The normalized spacial score (nSPS) is 15.6. The van der Waals surface area contributed by atoms with E-state index in [1.54, 1.807) is 0 Å². The van der Waals surface area contributed by atoms with Crippen molar-refractivity contribution in [1.29, 1.82) is 0 Å². The predicted molar refractivity (Wildman–Crippen MR) is 125 cm³/mol. The van der Waals surface area contributed by atoms with Gasteiger partial charge in [0.1, 0.15) is 17.4 Å². The Kier molecular flexibility index (Phi) is 7.54. The monoisotopic (exact) mass is 435 g/mol. The Hall–Kier alpha value is -2.72. The van der Waals surface area contributed by atoms with Gasteiger partial charge in [-0.3, -0.25) is 0 Å². The lowest BCUT2D eigenvalue weighted by molar-refractivity contribution is 0.148. The number of rotatable bonds is 9. The van der Waals surface area contributed by atoms with Gasteiger partial charge in [0, 0.05) is 5.92 Å². The first-order chi connectivity index (χ1) is 15.7. The van der Waals surface area contributed by atoms with Crippen molar-refractivity contribution in [3.05, 3.63) is 102 Å². The van der Waals surface area contributed by atoms with Gasteiger partial charge in [0.15, 0.2) is 0 Å². The molecule has 0 amide bonds. The third kappa shape index (κ3) is 5.55. The van der Waals surface area contributed by atoms with Crippen molar-refractivity contribution in [2.24, 2.45) is 5.41 Å². The highest BCUT2D eigenvalue weighted by atomic mass is 19.1. The molecule has 0 spiro atoms. The highest BCUT2D eigenvalue weighted by Crippen LogP contribution is 2.50. The number of halogens is 2. The molecule has 3 aromatic rings. The van der Waals surface area contributed by atoms with E-state index in [1.807, 2.05) is 54.6 Å². The van der Waals surface area contributed by atoms with Gasteiger partial charge in [0.25, 0.3) is 0 Å². The fraction of sp³-hybridized carbons (Fsp3) is 0.357. The lowest BCUT2D eigenvalue weighted by Crippen LogP contribution is -2.41. The number of nitrogens with one attached hydrogen (secondary N) is 1. The number of ether oxygens (including phenoxy) is 1. The van der Waals surface area contributed by atoms with Crippen molar-refractivity contribution in [2.75, 3.05) is 19.7 Å². The Labute approximate surface area is 189 Å². The maximum atomic E-state index is 13.7. The second kappa shape index (κ2) is 10.7. The molecule has 2 nitrogen and oxygen atoms in total. The second-order valence-corrected chi connectivity index (χ2v) is 8.77. The van der Waals surface area contributed by atoms with E-state index < -0.39 is 0 Å². The number of hydrogen-bond donors (Lipinski definition) is 1. The van der Waals surface area contributed by atoms with Crippen LogP contribution < -0.4 is 10.1 Å². The molecule has 4 heteroatoms. The van der Waals surface area contributed by atoms with E-state index in [0.717, 1.165) is 62.1 Å². The Balaban J connectivity index is 1.54. The molecule has 1 saturated heterocycles. The lowest BCUT2D eigenvalue weighted by atomic mass is 9.61. The van der Waals surface area contributed by atoms with Crippen molar-refractivity contribution in [2.45, 2.75) is 38.0 Å². The van der Waals surface area contributed by atoms with Gasteiger partial charge < -0.3 is 10.1 Å². The third-order valence-corrected chi connectivity index (χ3v) is 6.70. The molecule has 32 heavy (non-hydrogen) atoms. The molecule has 1 fully saturated rings. The van der Waals surface area contributed by atoms with E-state index >= 15 is 0 Å². The van der Waals surface area contributed by atoms with Crippen LogP contribution in [0.25, 0.3) is 0 Å². The highest BCUT2D eigenvalue weighted by Gasteiger charge is 2.41. The third-order valence-electron chi connectivity index (χ3n) is 6.70. The topological polar surface area (TPSA) is 21.3 Å². The molecule has 0 aromatic heterocycles. The van der Waals surface area contributed by atoms with E-state index in [-0.39, 0.29) is 23.0 Å². The molecular weight excluding hydrogens is 404 g/mol. The molecule has 0 atom stereocenters. The summed E-state index contributed by atoms with van der Waals surface area (Å²) in [6.07, 6.45) is 5.14. The number of piperidine rings is 1. The first kappa shape index (κ1) is 22.5. The largest absolute Gasteiger partial charge is 0.494 e. The van der Waals surface area contributed by atoms with E-state index in [1.165, 1.54) is 24.3 Å². The summed E-state index contributed by atoms with van der Waals surface area (Å²) in [7, 11) is 0. The molecule has 0 saturated carbocycles. The second-order valence-electron chi connectivity index (χ2n) is 8.77. The number of benzene rings is 3. The molecule has 0 aliphatic carbocycles. The van der Waals surface area contributed by atoms with Gasteiger partial charge in [0.2, 0.25) is 0 Å². The van der Waals surface area contributed by atoms with Gasteiger partial charge >= 0.3 is 0 Å². The van der Waals surface area contributed by atoms with Gasteiger partial charge in [-0.05, 0) is 98.1 Å². The Morgan fingerprint density at radius 2 is 1.31 bits per heavy atom. The molecule has 0 bridgehead atoms. The van der Waals surface area contributed by atoms with Crippen molar-refractivity contribution in [3.63, 3.8) is 0 Å². The number of hydrogen-bond acceptors (Lipinski definition) is 2. The molecule has 0 radical (unpaired) electrons. The fourth-order valence-corrected chi connectivity index (χ4v) is 5.10. The number of para-hydroxylation sites is 1. The average molecular weight is 436 g/mol. The van der Waals surface area contributed by atoms with Crippen LogP contribution in [0.15, 0.2) is 78.9 Å². The standard InChI is InChI=1S/C28H31F2NO/c29-24-12-8-22(9-13-24)27(23-10-14-25(30)15-11-23)28(17-19-31-20-18-28)16-4-5-21-32-26-6-2-1-3-7-26/h1-3,6-15,27,31H,4-5,16-21H2. The molecule has 1 aliphatic heterocycles. The van der Waals surface area contributed by atoms with Crippen LogP contribution in [0.1, 0.15) is 49.1 Å². The molecule has 4 rings (SSSR count). The van der Waals surface area contributed by atoms with E-state index in [0.29, 0.717) is 6.61 Å². The molecular formula is C28H31F2NO. The van der Waals surface area contributed by atoms with Crippen LogP contribution in [0.4, 0.5) is 8.78 Å². The Morgan fingerprint density at radius 3 is 1.88 bits per heavy atom. The molecule has 168 valence electrons. The summed E-state index contributed by atoms with van der Waals surface area (Å²) < 4.78 is 33.3. The summed E-state index contributed by atoms with van der Waals surface area (Å²) in [5.41, 5.74) is 2.23. The van der Waals surface area contributed by atoms with Crippen molar-refractivity contribution in [1.82, 2.24) is 5.32 Å². The summed E-state index contributed by atoms with van der Waals surface area (Å²) in [6.45, 7) is 2.61. The van der Waals surface area contributed by atoms with Crippen LogP contribution in [-0.2, 0) is 0 Å². The van der Waals surface area contributed by atoms with Crippen molar-refractivity contribution < 1.29 is 13.5 Å². The molecule has 1 aliphatic rings. The average Bonchev–Trinajstić information content (AvgIpc) is 2.83. The molecule has 1 N–H and O–H groups in total.